The van der Waals surface area contributed by atoms with Crippen LogP contribution in [-0.4, -0.2) is 14.4 Å². The van der Waals surface area contributed by atoms with Crippen molar-refractivity contribution in [3.8, 4) is 5.75 Å². The Morgan fingerprint density at radius 1 is 1.00 bits per heavy atom. The van der Waals surface area contributed by atoms with Crippen LogP contribution >= 0.6 is 0 Å². The summed E-state index contributed by atoms with van der Waals surface area (Å²) in [6.07, 6.45) is 0.932. The van der Waals surface area contributed by atoms with Crippen LogP contribution in [0.25, 0.3) is 0 Å². The molecule has 2 heteroatoms. The number of methoxy groups -OCH3 is 1. The van der Waals surface area contributed by atoms with Gasteiger partial charge in [0.15, 0.2) is 7.28 Å². The molecule has 16 heavy (non-hydrogen) atoms. The fourth-order valence-electron chi connectivity index (χ4n) is 1.62. The SMILES string of the molecule is COc1cccc(C[B]c2ccccc2)c1. The number of rotatable bonds is 4. The summed E-state index contributed by atoms with van der Waals surface area (Å²) in [5.74, 6) is 0.916. The number of ether oxygens (including phenoxy) is 1. The van der Waals surface area contributed by atoms with Crippen molar-refractivity contribution in [3.05, 3.63) is 60.2 Å². The molecule has 0 aliphatic rings. The molecule has 2 aromatic rings. The Morgan fingerprint density at radius 2 is 1.81 bits per heavy atom. The maximum Gasteiger partial charge on any atom is 0.156 e. The summed E-state index contributed by atoms with van der Waals surface area (Å²) in [5, 5.41) is 0. The summed E-state index contributed by atoms with van der Waals surface area (Å²) in [6.45, 7) is 0. The van der Waals surface area contributed by atoms with E-state index in [1.807, 2.05) is 18.2 Å². The van der Waals surface area contributed by atoms with E-state index in [1.54, 1.807) is 7.11 Å². The lowest BCUT2D eigenvalue weighted by Crippen LogP contribution is -2.15. The zero-order valence-electron chi connectivity index (χ0n) is 9.39. The average Bonchev–Trinajstić information content (AvgIpc) is 2.38. The molecular weight excluding hydrogens is 195 g/mol. The summed E-state index contributed by atoms with van der Waals surface area (Å²) < 4.78 is 5.19. The molecule has 1 nitrogen and oxygen atoms in total. The minimum atomic E-state index is 0.916. The van der Waals surface area contributed by atoms with Gasteiger partial charge < -0.3 is 4.74 Å². The lowest BCUT2D eigenvalue weighted by molar-refractivity contribution is 0.414. The molecule has 0 unspecified atom stereocenters. The Hall–Kier alpha value is -1.70. The lowest BCUT2D eigenvalue weighted by atomic mass is 9.65. The van der Waals surface area contributed by atoms with Crippen molar-refractivity contribution < 1.29 is 4.74 Å². The van der Waals surface area contributed by atoms with E-state index in [0.717, 1.165) is 12.1 Å². The molecule has 0 aromatic heterocycles. The van der Waals surface area contributed by atoms with Crippen molar-refractivity contribution >= 4 is 12.7 Å². The quantitative estimate of drug-likeness (QED) is 0.701. The zero-order chi connectivity index (χ0) is 11.2. The largest absolute Gasteiger partial charge is 0.497 e. The molecule has 0 bridgehead atoms. The Balaban J connectivity index is 1.99. The van der Waals surface area contributed by atoms with E-state index in [4.69, 9.17) is 4.74 Å². The number of hydrogen-bond donors (Lipinski definition) is 0. The number of benzene rings is 2. The average molecular weight is 209 g/mol. The Bertz CT molecular complexity index is 439. The van der Waals surface area contributed by atoms with Crippen LogP contribution in [0.4, 0.5) is 0 Å². The lowest BCUT2D eigenvalue weighted by Gasteiger charge is -2.03. The molecule has 2 rings (SSSR count). The fourth-order valence-corrected chi connectivity index (χ4v) is 1.62. The normalized spacial score (nSPS) is 9.81. The van der Waals surface area contributed by atoms with Crippen LogP contribution in [0.15, 0.2) is 54.6 Å². The van der Waals surface area contributed by atoms with Crippen molar-refractivity contribution in [3.63, 3.8) is 0 Å². The molecular formula is C14H14BO. The molecule has 0 spiro atoms. The molecule has 2 aromatic carbocycles. The molecule has 0 saturated heterocycles. The van der Waals surface area contributed by atoms with Crippen LogP contribution in [0.5, 0.6) is 5.75 Å². The van der Waals surface area contributed by atoms with Crippen molar-refractivity contribution in [1.29, 1.82) is 0 Å². The van der Waals surface area contributed by atoms with E-state index in [2.05, 4.69) is 43.7 Å². The van der Waals surface area contributed by atoms with Gasteiger partial charge in [-0.1, -0.05) is 53.5 Å². The maximum absolute atomic E-state index is 5.19. The predicted molar refractivity (Wildman–Crippen MR) is 68.5 cm³/mol. The van der Waals surface area contributed by atoms with Gasteiger partial charge in [0.25, 0.3) is 0 Å². The van der Waals surface area contributed by atoms with E-state index >= 15 is 0 Å². The van der Waals surface area contributed by atoms with E-state index in [0.29, 0.717) is 0 Å². The van der Waals surface area contributed by atoms with Crippen LogP contribution in [0.1, 0.15) is 5.56 Å². The minimum Gasteiger partial charge on any atom is -0.497 e. The number of hydrogen-bond acceptors (Lipinski definition) is 1. The first kappa shape index (κ1) is 10.8. The second kappa shape index (κ2) is 5.41. The summed E-state index contributed by atoms with van der Waals surface area (Å²) in [6, 6.07) is 18.5. The van der Waals surface area contributed by atoms with E-state index < -0.39 is 0 Å². The topological polar surface area (TPSA) is 9.23 Å². The van der Waals surface area contributed by atoms with Gasteiger partial charge in [0.1, 0.15) is 5.75 Å². The van der Waals surface area contributed by atoms with Crippen molar-refractivity contribution in [2.75, 3.05) is 7.11 Å². The highest BCUT2D eigenvalue weighted by atomic mass is 16.5. The molecule has 0 amide bonds. The second-order valence-corrected chi connectivity index (χ2v) is 3.67. The van der Waals surface area contributed by atoms with Crippen LogP contribution in [0.3, 0.4) is 0 Å². The van der Waals surface area contributed by atoms with Gasteiger partial charge in [-0.25, -0.2) is 0 Å². The predicted octanol–water partition coefficient (Wildman–Crippen LogP) is 2.22. The van der Waals surface area contributed by atoms with Crippen LogP contribution in [-0.2, 0) is 6.32 Å². The molecule has 0 aliphatic carbocycles. The van der Waals surface area contributed by atoms with Gasteiger partial charge in [-0.3, -0.25) is 0 Å². The Labute approximate surface area is 97.3 Å². The van der Waals surface area contributed by atoms with Crippen LogP contribution in [0.2, 0.25) is 0 Å². The van der Waals surface area contributed by atoms with E-state index in [9.17, 15) is 0 Å². The molecule has 1 radical (unpaired) electrons. The van der Waals surface area contributed by atoms with Crippen LogP contribution < -0.4 is 10.2 Å². The third kappa shape index (κ3) is 2.90. The smallest absolute Gasteiger partial charge is 0.156 e. The zero-order valence-corrected chi connectivity index (χ0v) is 9.39. The summed E-state index contributed by atoms with van der Waals surface area (Å²) in [5.41, 5.74) is 2.52. The van der Waals surface area contributed by atoms with Crippen LogP contribution in [0, 0.1) is 0 Å². The Morgan fingerprint density at radius 3 is 2.56 bits per heavy atom. The monoisotopic (exact) mass is 209 g/mol. The van der Waals surface area contributed by atoms with Crippen molar-refractivity contribution in [2.24, 2.45) is 0 Å². The third-order valence-corrected chi connectivity index (χ3v) is 2.51. The first-order valence-electron chi connectivity index (χ1n) is 5.39. The maximum atomic E-state index is 5.19. The van der Waals surface area contributed by atoms with Gasteiger partial charge in [0.05, 0.1) is 7.11 Å². The van der Waals surface area contributed by atoms with E-state index in [1.165, 1.54) is 11.0 Å². The molecule has 0 N–H and O–H groups in total. The standard InChI is InChI=1S/C14H14BO/c1-16-14-9-5-6-12(10-14)11-15-13-7-3-2-4-8-13/h2-10H,11H2,1H3. The van der Waals surface area contributed by atoms with Gasteiger partial charge in [0.2, 0.25) is 0 Å². The molecule has 0 fully saturated rings. The first-order valence-corrected chi connectivity index (χ1v) is 5.39. The fraction of sp³-hybridized carbons (Fsp3) is 0.143. The summed E-state index contributed by atoms with van der Waals surface area (Å²) in [4.78, 5) is 0. The minimum absolute atomic E-state index is 0.916. The van der Waals surface area contributed by atoms with E-state index in [-0.39, 0.29) is 0 Å². The highest BCUT2D eigenvalue weighted by Gasteiger charge is 1.98. The highest BCUT2D eigenvalue weighted by Crippen LogP contribution is 2.12. The molecule has 0 saturated carbocycles. The molecule has 0 aliphatic heterocycles. The molecule has 0 heterocycles. The van der Waals surface area contributed by atoms with Gasteiger partial charge in [-0.15, -0.1) is 0 Å². The molecule has 0 atom stereocenters. The first-order chi connectivity index (χ1) is 7.88. The van der Waals surface area contributed by atoms with Crippen molar-refractivity contribution in [1.82, 2.24) is 0 Å². The summed E-state index contributed by atoms with van der Waals surface area (Å²) >= 11 is 0. The van der Waals surface area contributed by atoms with Gasteiger partial charge >= 0.3 is 0 Å². The van der Waals surface area contributed by atoms with Gasteiger partial charge in [-0.05, 0) is 18.5 Å². The summed E-state index contributed by atoms with van der Waals surface area (Å²) in [7, 11) is 3.91. The Kier molecular flexibility index (Phi) is 3.65. The molecule has 79 valence electrons. The second-order valence-electron chi connectivity index (χ2n) is 3.67. The highest BCUT2D eigenvalue weighted by molar-refractivity contribution is 6.52. The third-order valence-electron chi connectivity index (χ3n) is 2.51. The van der Waals surface area contributed by atoms with Crippen molar-refractivity contribution in [2.45, 2.75) is 6.32 Å². The van der Waals surface area contributed by atoms with Gasteiger partial charge in [-0.2, -0.15) is 0 Å². The van der Waals surface area contributed by atoms with Gasteiger partial charge in [0, 0.05) is 0 Å².